The molecule has 5 aromatic rings. The van der Waals surface area contributed by atoms with Gasteiger partial charge in [-0.3, -0.25) is 14.4 Å². The van der Waals surface area contributed by atoms with E-state index in [-0.39, 0.29) is 23.5 Å². The Morgan fingerprint density at radius 2 is 1.06 bits per heavy atom. The predicted octanol–water partition coefficient (Wildman–Crippen LogP) is 4.92. The van der Waals surface area contributed by atoms with E-state index in [1.165, 1.54) is 4.79 Å². The average Bonchev–Trinajstić information content (AvgIpc) is 3.27. The zero-order chi connectivity index (χ0) is 24.9. The number of fused-ring (bicyclic) bond motifs is 1. The van der Waals surface area contributed by atoms with Crippen LogP contribution in [0.4, 0.5) is 11.5 Å². The van der Waals surface area contributed by atoms with Gasteiger partial charge in [-0.05, 0) is 48.5 Å². The molecule has 0 bridgehead atoms. The van der Waals surface area contributed by atoms with Crippen molar-refractivity contribution in [2.24, 2.45) is 0 Å². The van der Waals surface area contributed by atoms with E-state index in [1.807, 2.05) is 18.2 Å². The molecule has 36 heavy (non-hydrogen) atoms. The molecule has 0 fully saturated rings. The molecule has 176 valence electrons. The van der Waals surface area contributed by atoms with Gasteiger partial charge in [0.1, 0.15) is 0 Å². The van der Waals surface area contributed by atoms with E-state index in [0.717, 1.165) is 0 Å². The highest BCUT2D eigenvalue weighted by atomic mass is 16.2. The number of hydrogen-bond acceptors (Lipinski definition) is 4. The molecule has 0 spiro atoms. The number of aromatic nitrogens is 2. The Bertz CT molecular complexity index is 1550. The first-order valence-electron chi connectivity index (χ1n) is 11.2. The Labute approximate surface area is 206 Å². The minimum atomic E-state index is -0.375. The summed E-state index contributed by atoms with van der Waals surface area (Å²) >= 11 is 0. The lowest BCUT2D eigenvalue weighted by Gasteiger charge is -2.09. The summed E-state index contributed by atoms with van der Waals surface area (Å²) in [5.41, 5.74) is 5.05. The number of nitrogens with zero attached hydrogens (tertiary/aromatic N) is 2. The highest BCUT2D eigenvalue weighted by Crippen LogP contribution is 2.31. The monoisotopic (exact) mass is 475 g/mol. The van der Waals surface area contributed by atoms with Crippen LogP contribution in [0.25, 0.3) is 10.9 Å². The van der Waals surface area contributed by atoms with Gasteiger partial charge in [-0.2, -0.15) is 4.79 Å². The summed E-state index contributed by atoms with van der Waals surface area (Å²) in [5.74, 6) is -0.874. The number of benzene rings is 4. The lowest BCUT2D eigenvalue weighted by molar-refractivity contribution is 0.100. The van der Waals surface area contributed by atoms with Crippen LogP contribution >= 0.6 is 0 Å². The van der Waals surface area contributed by atoms with Gasteiger partial charge in [0.25, 0.3) is 17.7 Å². The van der Waals surface area contributed by atoms with Crippen molar-refractivity contribution < 1.29 is 14.4 Å². The second-order valence-corrected chi connectivity index (χ2v) is 7.91. The molecule has 0 radical (unpaired) electrons. The van der Waals surface area contributed by atoms with Gasteiger partial charge in [-0.15, -0.1) is 5.10 Å². The van der Waals surface area contributed by atoms with Gasteiger partial charge in [-0.25, -0.2) is 5.43 Å². The zero-order valence-electron chi connectivity index (χ0n) is 19.0. The Balaban J connectivity index is 1.55. The summed E-state index contributed by atoms with van der Waals surface area (Å²) in [6, 6.07) is 31.4. The summed E-state index contributed by atoms with van der Waals surface area (Å²) in [6.45, 7) is 0. The second-order valence-electron chi connectivity index (χ2n) is 7.91. The molecule has 0 aliphatic carbocycles. The smallest absolute Gasteiger partial charge is 0.271 e. The van der Waals surface area contributed by atoms with Crippen LogP contribution in [0.15, 0.2) is 109 Å². The predicted molar refractivity (Wildman–Crippen MR) is 139 cm³/mol. The summed E-state index contributed by atoms with van der Waals surface area (Å²) in [7, 11) is 0. The van der Waals surface area contributed by atoms with Gasteiger partial charge in [0.15, 0.2) is 5.82 Å². The van der Waals surface area contributed by atoms with Crippen LogP contribution in [-0.4, -0.2) is 27.6 Å². The van der Waals surface area contributed by atoms with Gasteiger partial charge < -0.3 is 10.6 Å². The fraction of sp³-hybridized carbons (Fsp3) is 0. The van der Waals surface area contributed by atoms with Crippen LogP contribution in [0, 0.1) is 0 Å². The minimum Gasteiger partial charge on any atom is -0.321 e. The third-order valence-corrected chi connectivity index (χ3v) is 5.50. The third-order valence-electron chi connectivity index (χ3n) is 5.50. The van der Waals surface area contributed by atoms with Crippen LogP contribution in [0.3, 0.4) is 0 Å². The standard InChI is InChI=1S/C28H21N5O3/c34-26(19-11-4-1-5-12-19)29-22-17-10-18-23-24(22)25(30-27(35)20-13-6-2-7-14-20)31-33(23)32-28(36)21-15-8-3-9-16-21/h1-18H,(H,29,34)(H,32,36)(H,30,31,35). The molecule has 0 atom stereocenters. The van der Waals surface area contributed by atoms with Crippen molar-refractivity contribution in [2.45, 2.75) is 0 Å². The molecule has 0 saturated heterocycles. The number of nitrogens with one attached hydrogen (secondary N) is 3. The van der Waals surface area contributed by atoms with E-state index in [9.17, 15) is 14.4 Å². The van der Waals surface area contributed by atoms with Gasteiger partial charge in [0, 0.05) is 16.7 Å². The number of rotatable bonds is 6. The number of hydrogen-bond donors (Lipinski definition) is 3. The van der Waals surface area contributed by atoms with Crippen molar-refractivity contribution in [3.05, 3.63) is 126 Å². The highest BCUT2D eigenvalue weighted by molar-refractivity contribution is 6.15. The number of carbonyl (C=O) groups excluding carboxylic acids is 3. The maximum atomic E-state index is 12.9. The number of amides is 3. The maximum Gasteiger partial charge on any atom is 0.271 e. The molecule has 0 unspecified atom stereocenters. The molecule has 5 rings (SSSR count). The Hall–Kier alpha value is -5.24. The molecule has 8 nitrogen and oxygen atoms in total. The molecule has 1 heterocycles. The lowest BCUT2D eigenvalue weighted by atomic mass is 10.1. The first-order valence-corrected chi connectivity index (χ1v) is 11.2. The molecule has 3 amide bonds. The first-order chi connectivity index (χ1) is 17.6. The molecule has 3 N–H and O–H groups in total. The quantitative estimate of drug-likeness (QED) is 0.324. The summed E-state index contributed by atoms with van der Waals surface area (Å²) in [5, 5.41) is 10.6. The Kier molecular flexibility index (Phi) is 6.23. The van der Waals surface area contributed by atoms with Crippen LogP contribution in [-0.2, 0) is 0 Å². The largest absolute Gasteiger partial charge is 0.321 e. The van der Waals surface area contributed by atoms with Gasteiger partial charge in [-0.1, -0.05) is 60.7 Å². The SMILES string of the molecule is O=C(Nc1cccc2c1c(NC(=O)c1ccccc1)nn2NC(=O)c1ccccc1)c1ccccc1. The van der Waals surface area contributed by atoms with E-state index in [2.05, 4.69) is 21.2 Å². The van der Waals surface area contributed by atoms with Crippen molar-refractivity contribution in [3.63, 3.8) is 0 Å². The average molecular weight is 476 g/mol. The first kappa shape index (κ1) is 22.5. The summed E-state index contributed by atoms with van der Waals surface area (Å²) in [6.07, 6.45) is 0. The van der Waals surface area contributed by atoms with E-state index in [4.69, 9.17) is 0 Å². The van der Waals surface area contributed by atoms with Gasteiger partial charge in [0.05, 0.1) is 16.6 Å². The normalized spacial score (nSPS) is 10.6. The van der Waals surface area contributed by atoms with Crippen molar-refractivity contribution >= 4 is 40.1 Å². The van der Waals surface area contributed by atoms with E-state index in [1.54, 1.807) is 91.0 Å². The highest BCUT2D eigenvalue weighted by Gasteiger charge is 2.20. The van der Waals surface area contributed by atoms with Crippen LogP contribution in [0.2, 0.25) is 0 Å². The Morgan fingerprint density at radius 3 is 1.61 bits per heavy atom. The maximum absolute atomic E-state index is 12.9. The zero-order valence-corrected chi connectivity index (χ0v) is 19.0. The minimum absolute atomic E-state index is 0.191. The van der Waals surface area contributed by atoms with Crippen LogP contribution < -0.4 is 16.1 Å². The van der Waals surface area contributed by atoms with E-state index >= 15 is 0 Å². The van der Waals surface area contributed by atoms with E-state index < -0.39 is 0 Å². The van der Waals surface area contributed by atoms with Gasteiger partial charge in [0.2, 0.25) is 0 Å². The molecular formula is C28H21N5O3. The molecule has 4 aromatic carbocycles. The fourth-order valence-corrected chi connectivity index (χ4v) is 3.75. The summed E-state index contributed by atoms with van der Waals surface area (Å²) in [4.78, 5) is 39.9. The topological polar surface area (TPSA) is 105 Å². The van der Waals surface area contributed by atoms with Gasteiger partial charge >= 0.3 is 0 Å². The van der Waals surface area contributed by atoms with E-state index in [0.29, 0.717) is 33.3 Å². The summed E-state index contributed by atoms with van der Waals surface area (Å²) < 4.78 is 0. The second kappa shape index (κ2) is 9.94. The van der Waals surface area contributed by atoms with Crippen molar-refractivity contribution in [1.82, 2.24) is 9.89 Å². The van der Waals surface area contributed by atoms with Crippen LogP contribution in [0.1, 0.15) is 31.1 Å². The van der Waals surface area contributed by atoms with Crippen molar-refractivity contribution in [3.8, 4) is 0 Å². The Morgan fingerprint density at radius 1 is 0.556 bits per heavy atom. The van der Waals surface area contributed by atoms with Crippen molar-refractivity contribution in [2.75, 3.05) is 16.1 Å². The third kappa shape index (κ3) is 4.69. The molecule has 0 saturated carbocycles. The number of anilines is 2. The molecule has 8 heteroatoms. The molecular weight excluding hydrogens is 454 g/mol. The molecule has 0 aliphatic rings. The molecule has 0 aliphatic heterocycles. The molecule has 1 aromatic heterocycles. The van der Waals surface area contributed by atoms with Crippen LogP contribution in [0.5, 0.6) is 0 Å². The fourth-order valence-electron chi connectivity index (χ4n) is 3.75. The van der Waals surface area contributed by atoms with Crippen molar-refractivity contribution in [1.29, 1.82) is 0 Å². The lowest BCUT2D eigenvalue weighted by Crippen LogP contribution is -2.24. The number of carbonyl (C=O) groups is 3.